The molecule has 48 heavy (non-hydrogen) atoms. The molecule has 2 atom stereocenters. The smallest absolute Gasteiger partial charge is 0.462 e. The molecule has 0 bridgehead atoms. The van der Waals surface area contributed by atoms with E-state index in [4.69, 9.17) is 19.3 Å². The minimum atomic E-state index is -4.79. The number of carbonyl (C=O) groups is 2. The monoisotopic (exact) mass is 696 g/mol. The van der Waals surface area contributed by atoms with Crippen molar-refractivity contribution in [3.8, 4) is 0 Å². The molecule has 0 saturated heterocycles. The predicted molar refractivity (Wildman–Crippen MR) is 194 cm³/mol. The highest BCUT2D eigenvalue weighted by Crippen LogP contribution is 2.36. The van der Waals surface area contributed by atoms with E-state index < -0.39 is 38.6 Å². The number of phosphoric acid groups is 1. The zero-order valence-corrected chi connectivity index (χ0v) is 30.8. The fourth-order valence-electron chi connectivity index (χ4n) is 4.64. The Bertz CT molecular complexity index is 994. The quantitative estimate of drug-likeness (QED) is 0.0213. The maximum absolute atomic E-state index is 12.3. The number of phosphoric ester groups is 1. The van der Waals surface area contributed by atoms with Gasteiger partial charge in [-0.1, -0.05) is 139 Å². The van der Waals surface area contributed by atoms with Gasteiger partial charge in [0.15, 0.2) is 6.10 Å². The standard InChI is InChI=1S/C38H65O9P/c1-4-5-6-7-8-9-10-11-12-15-18-21-24-28-35(39)29-26-31-37(40)45-32-36(33-46-48(42,43)44)47-38(41)30-25-22-19-16-13-14-17-20-23-27-34(2)3/h5-6,8-9,11-12,18,21,24,28,34-36,39H,4,7,10,13-17,19-20,22-23,25-27,29-33H2,1-3H3,(H2,42,43,44)/b6-5-,9-8-,12-11-,21-18-,28-24+/t35?,36-/m1/s1. The first-order valence-corrected chi connectivity index (χ1v) is 19.6. The Morgan fingerprint density at radius 3 is 1.79 bits per heavy atom. The van der Waals surface area contributed by atoms with Crippen molar-refractivity contribution in [3.05, 3.63) is 60.8 Å². The second-order valence-electron chi connectivity index (χ2n) is 12.5. The number of allylic oxidation sites excluding steroid dienone is 9. The maximum atomic E-state index is 12.3. The molecule has 0 aliphatic rings. The third-order valence-corrected chi connectivity index (χ3v) is 7.82. The van der Waals surface area contributed by atoms with Crippen LogP contribution in [0.4, 0.5) is 0 Å². The minimum Gasteiger partial charge on any atom is -0.462 e. The maximum Gasteiger partial charge on any atom is 0.469 e. The van der Waals surface area contributed by atoms with Gasteiger partial charge in [-0.15, -0.1) is 0 Å². The van der Waals surface area contributed by atoms with E-state index in [0.29, 0.717) is 19.3 Å². The van der Waals surface area contributed by atoms with Gasteiger partial charge in [0.25, 0.3) is 0 Å². The van der Waals surface area contributed by atoms with Crippen LogP contribution in [0.1, 0.15) is 136 Å². The summed E-state index contributed by atoms with van der Waals surface area (Å²) in [5.41, 5.74) is 0. The van der Waals surface area contributed by atoms with Gasteiger partial charge in [-0.3, -0.25) is 14.1 Å². The largest absolute Gasteiger partial charge is 0.469 e. The first-order chi connectivity index (χ1) is 23.0. The third kappa shape index (κ3) is 35.0. The van der Waals surface area contributed by atoms with Crippen molar-refractivity contribution in [2.45, 2.75) is 149 Å². The first kappa shape index (κ1) is 45.7. The fourth-order valence-corrected chi connectivity index (χ4v) is 5.00. The molecule has 0 spiro atoms. The van der Waals surface area contributed by atoms with Crippen molar-refractivity contribution < 1.29 is 43.0 Å². The van der Waals surface area contributed by atoms with Crippen molar-refractivity contribution in [2.75, 3.05) is 13.2 Å². The van der Waals surface area contributed by atoms with E-state index in [0.717, 1.165) is 50.9 Å². The van der Waals surface area contributed by atoms with Gasteiger partial charge in [0.1, 0.15) is 6.61 Å². The molecule has 276 valence electrons. The highest BCUT2D eigenvalue weighted by atomic mass is 31.2. The van der Waals surface area contributed by atoms with Crippen LogP contribution in [-0.4, -0.2) is 52.3 Å². The Kier molecular flexibility index (Phi) is 30.4. The zero-order valence-electron chi connectivity index (χ0n) is 29.9. The Hall–Kier alpha value is -2.29. The van der Waals surface area contributed by atoms with Crippen molar-refractivity contribution in [1.29, 1.82) is 0 Å². The van der Waals surface area contributed by atoms with Crippen LogP contribution in [0.3, 0.4) is 0 Å². The Morgan fingerprint density at radius 2 is 1.21 bits per heavy atom. The molecule has 0 radical (unpaired) electrons. The van der Waals surface area contributed by atoms with E-state index in [2.05, 4.69) is 61.8 Å². The molecule has 9 nitrogen and oxygen atoms in total. The molecule has 1 unspecified atom stereocenters. The van der Waals surface area contributed by atoms with Crippen molar-refractivity contribution in [2.24, 2.45) is 5.92 Å². The summed E-state index contributed by atoms with van der Waals surface area (Å²) >= 11 is 0. The molecular weight excluding hydrogens is 631 g/mol. The number of hydrogen-bond acceptors (Lipinski definition) is 7. The van der Waals surface area contributed by atoms with Gasteiger partial charge in [0, 0.05) is 12.8 Å². The summed E-state index contributed by atoms with van der Waals surface area (Å²) in [5.74, 6) is -0.325. The van der Waals surface area contributed by atoms with Crippen LogP contribution in [0.2, 0.25) is 0 Å². The SMILES string of the molecule is CC/C=C\C/C=C\C/C=C\C/C=C\C=C\C(O)CCCC(=O)OC[C@H](COP(=O)(O)O)OC(=O)CCCCCCCCCCCC(C)C. The van der Waals surface area contributed by atoms with Gasteiger partial charge >= 0.3 is 19.8 Å². The van der Waals surface area contributed by atoms with Crippen LogP contribution in [0.15, 0.2) is 60.8 Å². The molecule has 0 aromatic heterocycles. The van der Waals surface area contributed by atoms with Crippen LogP contribution < -0.4 is 0 Å². The molecule has 0 aromatic carbocycles. The third-order valence-electron chi connectivity index (χ3n) is 7.33. The summed E-state index contributed by atoms with van der Waals surface area (Å²) in [7, 11) is -4.79. The fraction of sp³-hybridized carbons (Fsp3) is 0.684. The first-order valence-electron chi connectivity index (χ1n) is 18.0. The Balaban J connectivity index is 4.22. The molecule has 0 amide bonds. The summed E-state index contributed by atoms with van der Waals surface area (Å²) in [4.78, 5) is 42.6. The lowest BCUT2D eigenvalue weighted by Gasteiger charge is -2.18. The summed E-state index contributed by atoms with van der Waals surface area (Å²) in [5, 5.41) is 10.1. The van der Waals surface area contributed by atoms with E-state index >= 15 is 0 Å². The van der Waals surface area contributed by atoms with Crippen molar-refractivity contribution in [1.82, 2.24) is 0 Å². The van der Waals surface area contributed by atoms with Gasteiger partial charge in [-0.25, -0.2) is 4.57 Å². The van der Waals surface area contributed by atoms with Crippen molar-refractivity contribution >= 4 is 19.8 Å². The topological polar surface area (TPSA) is 140 Å². The lowest BCUT2D eigenvalue weighted by atomic mass is 10.0. The zero-order chi connectivity index (χ0) is 35.7. The highest BCUT2D eigenvalue weighted by Gasteiger charge is 2.23. The molecule has 0 rings (SSSR count). The summed E-state index contributed by atoms with van der Waals surface area (Å²) in [6, 6.07) is 0. The summed E-state index contributed by atoms with van der Waals surface area (Å²) in [6.07, 6.45) is 34.2. The number of carbonyl (C=O) groups excluding carboxylic acids is 2. The summed E-state index contributed by atoms with van der Waals surface area (Å²) < 4.78 is 26.1. The lowest BCUT2D eigenvalue weighted by molar-refractivity contribution is -0.161. The number of ether oxygens (including phenoxy) is 2. The predicted octanol–water partition coefficient (Wildman–Crippen LogP) is 9.39. The molecule has 0 aromatic rings. The van der Waals surface area contributed by atoms with Gasteiger partial charge in [-0.05, 0) is 50.9 Å². The van der Waals surface area contributed by atoms with Gasteiger partial charge in [0.2, 0.25) is 0 Å². The molecule has 10 heteroatoms. The lowest BCUT2D eigenvalue weighted by Crippen LogP contribution is -2.29. The number of aliphatic hydroxyl groups excluding tert-OH is 1. The van der Waals surface area contributed by atoms with E-state index in [1.807, 2.05) is 12.2 Å². The molecular formula is C38H65O9P. The molecule has 0 fully saturated rings. The number of unbranched alkanes of at least 4 members (excludes halogenated alkanes) is 8. The van der Waals surface area contributed by atoms with Crippen LogP contribution in [0, 0.1) is 5.92 Å². The van der Waals surface area contributed by atoms with E-state index in [1.54, 1.807) is 12.2 Å². The summed E-state index contributed by atoms with van der Waals surface area (Å²) in [6.45, 7) is 5.65. The van der Waals surface area contributed by atoms with Gasteiger partial charge in [0.05, 0.1) is 12.7 Å². The highest BCUT2D eigenvalue weighted by molar-refractivity contribution is 7.46. The van der Waals surface area contributed by atoms with E-state index in [1.165, 1.54) is 38.5 Å². The Morgan fingerprint density at radius 1 is 0.667 bits per heavy atom. The number of aliphatic hydroxyl groups is 1. The van der Waals surface area contributed by atoms with E-state index in [9.17, 15) is 19.3 Å². The minimum absolute atomic E-state index is 0.0346. The van der Waals surface area contributed by atoms with Gasteiger partial charge < -0.3 is 24.4 Å². The number of hydrogen-bond donors (Lipinski definition) is 3. The average molecular weight is 697 g/mol. The average Bonchev–Trinajstić information content (AvgIpc) is 3.02. The normalized spacial score (nSPS) is 14.0. The molecule has 0 heterocycles. The van der Waals surface area contributed by atoms with Gasteiger partial charge in [-0.2, -0.15) is 0 Å². The molecule has 0 aliphatic heterocycles. The number of esters is 2. The van der Waals surface area contributed by atoms with Crippen LogP contribution in [-0.2, 0) is 28.2 Å². The van der Waals surface area contributed by atoms with Crippen LogP contribution >= 0.6 is 7.82 Å². The second kappa shape index (κ2) is 31.9. The number of rotatable bonds is 31. The van der Waals surface area contributed by atoms with Crippen LogP contribution in [0.5, 0.6) is 0 Å². The van der Waals surface area contributed by atoms with Crippen molar-refractivity contribution in [3.63, 3.8) is 0 Å². The molecule has 3 N–H and O–H groups in total. The van der Waals surface area contributed by atoms with Crippen LogP contribution in [0.25, 0.3) is 0 Å². The molecule has 0 saturated carbocycles. The second-order valence-corrected chi connectivity index (χ2v) is 13.7. The van der Waals surface area contributed by atoms with E-state index in [-0.39, 0.29) is 19.4 Å². The Labute approximate surface area is 290 Å². The molecule has 0 aliphatic carbocycles.